The fraction of sp³-hybridized carbons (Fsp3) is 0.600. The molecule has 1 rings (SSSR count). The summed E-state index contributed by atoms with van der Waals surface area (Å²) in [6.45, 7) is 2.13. The zero-order chi connectivity index (χ0) is 6.69. The summed E-state index contributed by atoms with van der Waals surface area (Å²) in [6, 6.07) is 0. The summed E-state index contributed by atoms with van der Waals surface area (Å²) in [5.41, 5.74) is 1.77. The van der Waals surface area contributed by atoms with Gasteiger partial charge in [-0.1, -0.05) is 0 Å². The minimum absolute atomic E-state index is 0.498. The minimum Gasteiger partial charge on any atom is -0.155 e. The van der Waals surface area contributed by atoms with Crippen molar-refractivity contribution in [1.29, 1.82) is 0 Å². The zero-order valence-corrected chi connectivity index (χ0v) is 7.00. The molecule has 1 unspecified atom stereocenters. The Kier molecular flexibility index (Phi) is 2.48. The molecule has 0 amide bonds. The first-order chi connectivity index (χ1) is 4.34. The highest BCUT2D eigenvalue weighted by Crippen LogP contribution is 2.25. The Bertz CT molecular complexity index is 161. The van der Waals surface area contributed by atoms with Crippen LogP contribution in [0.3, 0.4) is 0 Å². The van der Waals surface area contributed by atoms with Gasteiger partial charge in [0.25, 0.3) is 0 Å². The molecule has 4 heteroatoms. The Balaban J connectivity index is 2.65. The first-order valence-corrected chi connectivity index (χ1v) is 4.80. The quantitative estimate of drug-likeness (QED) is 0.661. The minimum atomic E-state index is 0.498. The molecule has 1 aromatic heterocycles. The summed E-state index contributed by atoms with van der Waals surface area (Å²) in [5, 5.41) is 9.29. The molecule has 0 radical (unpaired) electrons. The number of hydrogen-bond donors (Lipinski definition) is 0. The van der Waals surface area contributed by atoms with Gasteiger partial charge in [-0.25, -0.2) is 0 Å². The third kappa shape index (κ3) is 1.66. The van der Waals surface area contributed by atoms with Gasteiger partial charge in [0.1, 0.15) is 10.5 Å². The van der Waals surface area contributed by atoms with Crippen molar-refractivity contribution in [3.63, 3.8) is 0 Å². The lowest BCUT2D eigenvalue weighted by Gasteiger charge is -1.99. The molecule has 1 heterocycles. The molecule has 0 N–H and O–H groups in total. The van der Waals surface area contributed by atoms with Gasteiger partial charge in [-0.2, -0.15) is 11.8 Å². The summed E-state index contributed by atoms with van der Waals surface area (Å²) >= 11 is 3.40. The van der Waals surface area contributed by atoms with E-state index in [1.807, 2.05) is 0 Å². The maximum atomic E-state index is 3.93. The lowest BCUT2D eigenvalue weighted by molar-refractivity contribution is 0.969. The fourth-order valence-electron chi connectivity index (χ4n) is 0.460. The second kappa shape index (κ2) is 3.17. The number of rotatable bonds is 2. The monoisotopic (exact) mass is 160 g/mol. The van der Waals surface area contributed by atoms with Crippen molar-refractivity contribution >= 4 is 23.1 Å². The van der Waals surface area contributed by atoms with Crippen LogP contribution in [-0.4, -0.2) is 16.5 Å². The predicted molar refractivity (Wildman–Crippen MR) is 41.8 cm³/mol. The third-order valence-corrected chi connectivity index (χ3v) is 3.03. The van der Waals surface area contributed by atoms with Crippen LogP contribution in [0.1, 0.15) is 17.2 Å². The van der Waals surface area contributed by atoms with Gasteiger partial charge >= 0.3 is 0 Å². The second-order valence-corrected chi connectivity index (χ2v) is 3.70. The van der Waals surface area contributed by atoms with Gasteiger partial charge in [0.05, 0.1) is 5.25 Å². The molecule has 50 valence electrons. The van der Waals surface area contributed by atoms with E-state index < -0.39 is 0 Å². The van der Waals surface area contributed by atoms with E-state index in [9.17, 15) is 0 Å². The molecule has 0 fully saturated rings. The van der Waals surface area contributed by atoms with Gasteiger partial charge < -0.3 is 0 Å². The smallest absolute Gasteiger partial charge is 0.129 e. The molecule has 0 aliphatic rings. The summed E-state index contributed by atoms with van der Waals surface area (Å²) in [6.07, 6.45) is 2.08. The topological polar surface area (TPSA) is 25.8 Å². The van der Waals surface area contributed by atoms with Crippen molar-refractivity contribution in [1.82, 2.24) is 10.2 Å². The number of aromatic nitrogens is 2. The van der Waals surface area contributed by atoms with Gasteiger partial charge in [-0.3, -0.25) is 0 Å². The largest absolute Gasteiger partial charge is 0.155 e. The van der Waals surface area contributed by atoms with Crippen molar-refractivity contribution < 1.29 is 0 Å². The highest BCUT2D eigenvalue weighted by atomic mass is 32.2. The summed E-state index contributed by atoms with van der Waals surface area (Å²) in [5.74, 6) is 0. The Morgan fingerprint density at radius 2 is 2.56 bits per heavy atom. The maximum Gasteiger partial charge on any atom is 0.129 e. The SMILES string of the molecule is CSC(C)c1nncs1. The molecule has 9 heavy (non-hydrogen) atoms. The standard InChI is InChI=1S/C5H8N2S2/c1-4(8-2)5-7-6-3-9-5/h3-4H,1-2H3. The maximum absolute atomic E-state index is 3.93. The van der Waals surface area contributed by atoms with Crippen LogP contribution in [-0.2, 0) is 0 Å². The normalized spacial score (nSPS) is 13.6. The average Bonchev–Trinajstić information content (AvgIpc) is 2.37. The number of thioether (sulfide) groups is 1. The van der Waals surface area contributed by atoms with E-state index in [4.69, 9.17) is 0 Å². The molecule has 0 aliphatic heterocycles. The Morgan fingerprint density at radius 1 is 1.78 bits per heavy atom. The van der Waals surface area contributed by atoms with Crippen LogP contribution in [0, 0.1) is 0 Å². The molecule has 2 nitrogen and oxygen atoms in total. The molecule has 0 aromatic carbocycles. The number of nitrogens with zero attached hydrogens (tertiary/aromatic N) is 2. The molecule has 1 aromatic rings. The van der Waals surface area contributed by atoms with E-state index in [0.29, 0.717) is 5.25 Å². The third-order valence-electron chi connectivity index (χ3n) is 1.08. The lowest BCUT2D eigenvalue weighted by Crippen LogP contribution is -1.84. The molecular weight excluding hydrogens is 152 g/mol. The summed E-state index contributed by atoms with van der Waals surface area (Å²) < 4.78 is 0. The second-order valence-electron chi connectivity index (χ2n) is 1.65. The van der Waals surface area contributed by atoms with E-state index in [0.717, 1.165) is 5.01 Å². The van der Waals surface area contributed by atoms with E-state index in [1.54, 1.807) is 28.6 Å². The van der Waals surface area contributed by atoms with Crippen LogP contribution < -0.4 is 0 Å². The summed E-state index contributed by atoms with van der Waals surface area (Å²) in [4.78, 5) is 0. The van der Waals surface area contributed by atoms with Crippen molar-refractivity contribution in [2.75, 3.05) is 6.26 Å². The first-order valence-electron chi connectivity index (χ1n) is 2.63. The van der Waals surface area contributed by atoms with Crippen LogP contribution in [0.5, 0.6) is 0 Å². The van der Waals surface area contributed by atoms with E-state index >= 15 is 0 Å². The van der Waals surface area contributed by atoms with Crippen LogP contribution in [0.2, 0.25) is 0 Å². The Labute approximate surface area is 62.7 Å². The van der Waals surface area contributed by atoms with Crippen molar-refractivity contribution in [2.24, 2.45) is 0 Å². The summed E-state index contributed by atoms with van der Waals surface area (Å²) in [7, 11) is 0. The highest BCUT2D eigenvalue weighted by Gasteiger charge is 2.04. The van der Waals surface area contributed by atoms with Gasteiger partial charge in [0.2, 0.25) is 0 Å². The molecular formula is C5H8N2S2. The predicted octanol–water partition coefficient (Wildman–Crippen LogP) is 1.96. The molecule has 0 saturated heterocycles. The van der Waals surface area contributed by atoms with E-state index in [1.165, 1.54) is 0 Å². The molecule has 0 aliphatic carbocycles. The lowest BCUT2D eigenvalue weighted by atomic mass is 10.5. The fourth-order valence-corrected chi connectivity index (χ4v) is 1.65. The van der Waals surface area contributed by atoms with Crippen molar-refractivity contribution in [2.45, 2.75) is 12.2 Å². The molecule has 0 spiro atoms. The van der Waals surface area contributed by atoms with Crippen LogP contribution in [0.15, 0.2) is 5.51 Å². The Hall–Kier alpha value is -0.0900. The van der Waals surface area contributed by atoms with Crippen LogP contribution >= 0.6 is 23.1 Å². The average molecular weight is 160 g/mol. The van der Waals surface area contributed by atoms with Crippen molar-refractivity contribution in [3.8, 4) is 0 Å². The van der Waals surface area contributed by atoms with Gasteiger partial charge in [-0.05, 0) is 13.2 Å². The van der Waals surface area contributed by atoms with E-state index in [-0.39, 0.29) is 0 Å². The van der Waals surface area contributed by atoms with Crippen LogP contribution in [0.4, 0.5) is 0 Å². The molecule has 0 bridgehead atoms. The Morgan fingerprint density at radius 3 is 3.00 bits per heavy atom. The van der Waals surface area contributed by atoms with E-state index in [2.05, 4.69) is 23.4 Å². The first kappa shape index (κ1) is 7.02. The highest BCUT2D eigenvalue weighted by molar-refractivity contribution is 7.98. The van der Waals surface area contributed by atoms with Gasteiger partial charge in [0, 0.05) is 0 Å². The van der Waals surface area contributed by atoms with Crippen LogP contribution in [0.25, 0.3) is 0 Å². The van der Waals surface area contributed by atoms with Crippen molar-refractivity contribution in [3.05, 3.63) is 10.5 Å². The molecule has 0 saturated carbocycles. The zero-order valence-electron chi connectivity index (χ0n) is 5.37. The molecule has 1 atom stereocenters. The van der Waals surface area contributed by atoms with Gasteiger partial charge in [0.15, 0.2) is 0 Å². The van der Waals surface area contributed by atoms with Gasteiger partial charge in [-0.15, -0.1) is 21.5 Å². The number of hydrogen-bond acceptors (Lipinski definition) is 4.